The molecule has 4 heteroatoms. The third-order valence-electron chi connectivity index (χ3n) is 2.98. The molecule has 92 valence electrons. The lowest BCUT2D eigenvalue weighted by molar-refractivity contribution is 0.590. The van der Waals surface area contributed by atoms with Crippen LogP contribution in [0.1, 0.15) is 11.1 Å². The van der Waals surface area contributed by atoms with E-state index in [0.29, 0.717) is 21.7 Å². The maximum absolute atomic E-state index is 12.9. The van der Waals surface area contributed by atoms with E-state index in [9.17, 15) is 4.57 Å². The lowest BCUT2D eigenvalue weighted by atomic mass is 10.2. The molecule has 0 atom stereocenters. The fourth-order valence-electron chi connectivity index (χ4n) is 1.79. The number of hydrogen-bond acceptors (Lipinski definition) is 3. The van der Waals surface area contributed by atoms with Gasteiger partial charge in [0.2, 0.25) is 0 Å². The fraction of sp³-hybridized carbons (Fsp3) is 0.0667. The Morgan fingerprint density at radius 1 is 0.789 bits per heavy atom. The molecule has 0 aromatic heterocycles. The Hall–Kier alpha value is -2.35. The van der Waals surface area contributed by atoms with E-state index >= 15 is 0 Å². The van der Waals surface area contributed by atoms with Crippen LogP contribution in [0.4, 0.5) is 0 Å². The highest BCUT2D eigenvalue weighted by atomic mass is 31.2. The zero-order valence-corrected chi connectivity index (χ0v) is 11.3. The molecule has 0 heterocycles. The Morgan fingerprint density at radius 3 is 1.37 bits per heavy atom. The summed E-state index contributed by atoms with van der Waals surface area (Å²) in [6, 6.07) is 17.6. The molecule has 0 bridgehead atoms. The number of rotatable bonds is 2. The standard InChI is InChI=1S/C15H11N2OP/c1-19(18,14-6-2-12(10-16)3-7-14)15-8-4-13(11-17)5-9-15/h2-9H,1H3. The molecule has 0 fully saturated rings. The zero-order chi connectivity index (χ0) is 13.9. The van der Waals surface area contributed by atoms with Gasteiger partial charge in [-0.1, -0.05) is 0 Å². The van der Waals surface area contributed by atoms with Gasteiger partial charge in [-0.15, -0.1) is 0 Å². The van der Waals surface area contributed by atoms with Gasteiger partial charge in [-0.3, -0.25) is 0 Å². The SMILES string of the molecule is CP(=O)(c1ccc(C#N)cc1)c1ccc(C#N)cc1. The van der Waals surface area contributed by atoms with Crippen molar-refractivity contribution in [2.24, 2.45) is 0 Å². The summed E-state index contributed by atoms with van der Waals surface area (Å²) in [7, 11) is -2.68. The Bertz CT molecular complexity index is 657. The van der Waals surface area contributed by atoms with Crippen molar-refractivity contribution in [2.75, 3.05) is 6.66 Å². The van der Waals surface area contributed by atoms with E-state index in [0.717, 1.165) is 0 Å². The molecule has 0 spiro atoms. The van der Waals surface area contributed by atoms with Crippen LogP contribution in [0.2, 0.25) is 0 Å². The molecule has 2 aromatic carbocycles. The molecule has 19 heavy (non-hydrogen) atoms. The van der Waals surface area contributed by atoms with Crippen LogP contribution in [0.15, 0.2) is 48.5 Å². The summed E-state index contributed by atoms with van der Waals surface area (Å²) in [4.78, 5) is 0. The van der Waals surface area contributed by atoms with Crippen molar-refractivity contribution in [1.82, 2.24) is 0 Å². The average Bonchev–Trinajstić information content (AvgIpc) is 2.47. The molecule has 0 radical (unpaired) electrons. The van der Waals surface area contributed by atoms with Crippen LogP contribution in [0, 0.1) is 22.7 Å². The first kappa shape index (κ1) is 13.1. The third kappa shape index (κ3) is 2.58. The zero-order valence-electron chi connectivity index (χ0n) is 10.4. The summed E-state index contributed by atoms with van der Waals surface area (Å²) >= 11 is 0. The molecule has 2 aromatic rings. The summed E-state index contributed by atoms with van der Waals surface area (Å²) in [5.74, 6) is 0. The van der Waals surface area contributed by atoms with Crippen molar-refractivity contribution in [3.8, 4) is 12.1 Å². The van der Waals surface area contributed by atoms with E-state index in [1.54, 1.807) is 55.2 Å². The van der Waals surface area contributed by atoms with E-state index in [4.69, 9.17) is 10.5 Å². The minimum absolute atomic E-state index is 0.545. The lowest BCUT2D eigenvalue weighted by Gasteiger charge is -2.13. The second kappa shape index (κ2) is 5.11. The largest absolute Gasteiger partial charge is 0.314 e. The minimum Gasteiger partial charge on any atom is -0.314 e. The monoisotopic (exact) mass is 266 g/mol. The molecule has 2 rings (SSSR count). The molecule has 0 aliphatic heterocycles. The molecule has 3 nitrogen and oxygen atoms in total. The fourth-order valence-corrected chi connectivity index (χ4v) is 3.52. The van der Waals surface area contributed by atoms with E-state index in [1.165, 1.54) is 0 Å². The highest BCUT2D eigenvalue weighted by Crippen LogP contribution is 2.38. The second-order valence-electron chi connectivity index (χ2n) is 4.24. The van der Waals surface area contributed by atoms with Gasteiger partial charge in [0.05, 0.1) is 23.3 Å². The van der Waals surface area contributed by atoms with Gasteiger partial charge in [-0.2, -0.15) is 10.5 Å². The average molecular weight is 266 g/mol. The van der Waals surface area contributed by atoms with Gasteiger partial charge >= 0.3 is 0 Å². The third-order valence-corrected chi connectivity index (χ3v) is 5.55. The van der Waals surface area contributed by atoms with Gasteiger partial charge in [-0.05, 0) is 55.2 Å². The van der Waals surface area contributed by atoms with Gasteiger partial charge in [0.15, 0.2) is 0 Å². The van der Waals surface area contributed by atoms with Crippen molar-refractivity contribution >= 4 is 17.8 Å². The Balaban J connectivity index is 2.43. The van der Waals surface area contributed by atoms with Gasteiger partial charge in [0, 0.05) is 10.6 Å². The molecule has 0 N–H and O–H groups in total. The summed E-state index contributed by atoms with van der Waals surface area (Å²) in [5, 5.41) is 18.9. The van der Waals surface area contributed by atoms with Gasteiger partial charge in [-0.25, -0.2) is 0 Å². The van der Waals surface area contributed by atoms with E-state index in [1.807, 2.05) is 12.1 Å². The first-order chi connectivity index (χ1) is 9.07. The van der Waals surface area contributed by atoms with Crippen LogP contribution in [0.25, 0.3) is 0 Å². The van der Waals surface area contributed by atoms with Crippen LogP contribution in [0.3, 0.4) is 0 Å². The smallest absolute Gasteiger partial charge is 0.140 e. The highest BCUT2D eigenvalue weighted by molar-refractivity contribution is 7.78. The van der Waals surface area contributed by atoms with Crippen molar-refractivity contribution < 1.29 is 4.57 Å². The summed E-state index contributed by atoms with van der Waals surface area (Å²) in [6.07, 6.45) is 0. The molecule has 0 unspecified atom stereocenters. The van der Waals surface area contributed by atoms with Gasteiger partial charge < -0.3 is 4.57 Å². The predicted octanol–water partition coefficient (Wildman–Crippen LogP) is 2.37. The molecule has 0 aliphatic carbocycles. The molecule has 0 aliphatic rings. The Morgan fingerprint density at radius 2 is 1.11 bits per heavy atom. The number of benzene rings is 2. The first-order valence-electron chi connectivity index (χ1n) is 5.67. The molecule has 0 saturated carbocycles. The lowest BCUT2D eigenvalue weighted by Crippen LogP contribution is -2.14. The number of nitrogens with zero attached hydrogens (tertiary/aromatic N) is 2. The van der Waals surface area contributed by atoms with Crippen molar-refractivity contribution in [1.29, 1.82) is 10.5 Å². The molecule has 0 amide bonds. The van der Waals surface area contributed by atoms with Crippen LogP contribution in [-0.2, 0) is 4.57 Å². The summed E-state index contributed by atoms with van der Waals surface area (Å²) < 4.78 is 12.9. The maximum atomic E-state index is 12.9. The topological polar surface area (TPSA) is 64.7 Å². The summed E-state index contributed by atoms with van der Waals surface area (Å²) in [6.45, 7) is 1.69. The number of nitriles is 2. The van der Waals surface area contributed by atoms with Crippen molar-refractivity contribution in [3.63, 3.8) is 0 Å². The van der Waals surface area contributed by atoms with Crippen LogP contribution in [-0.4, -0.2) is 6.66 Å². The van der Waals surface area contributed by atoms with Crippen LogP contribution < -0.4 is 10.6 Å². The maximum Gasteiger partial charge on any atom is 0.140 e. The molecule has 0 saturated heterocycles. The Kier molecular flexibility index (Phi) is 3.52. The quantitative estimate of drug-likeness (QED) is 0.784. The van der Waals surface area contributed by atoms with Crippen LogP contribution in [0.5, 0.6) is 0 Å². The molecular formula is C15H11N2OP. The predicted molar refractivity (Wildman–Crippen MR) is 75.1 cm³/mol. The van der Waals surface area contributed by atoms with Gasteiger partial charge in [0.25, 0.3) is 0 Å². The van der Waals surface area contributed by atoms with E-state index < -0.39 is 7.14 Å². The summed E-state index contributed by atoms with van der Waals surface area (Å²) in [5.41, 5.74) is 1.09. The second-order valence-corrected chi connectivity index (χ2v) is 7.12. The van der Waals surface area contributed by atoms with Crippen molar-refractivity contribution in [2.45, 2.75) is 0 Å². The van der Waals surface area contributed by atoms with Crippen molar-refractivity contribution in [3.05, 3.63) is 59.7 Å². The minimum atomic E-state index is -2.68. The highest BCUT2D eigenvalue weighted by Gasteiger charge is 2.20. The van der Waals surface area contributed by atoms with E-state index in [2.05, 4.69) is 0 Å². The normalized spacial score (nSPS) is 10.5. The van der Waals surface area contributed by atoms with Gasteiger partial charge in [0.1, 0.15) is 7.14 Å². The van der Waals surface area contributed by atoms with E-state index in [-0.39, 0.29) is 0 Å². The Labute approximate surface area is 112 Å². The first-order valence-corrected chi connectivity index (χ1v) is 7.82. The number of hydrogen-bond donors (Lipinski definition) is 0. The van der Waals surface area contributed by atoms with Crippen LogP contribution >= 0.6 is 7.14 Å². The molecular weight excluding hydrogens is 255 g/mol.